The zero-order chi connectivity index (χ0) is 18.5. The highest BCUT2D eigenvalue weighted by molar-refractivity contribution is 5.84. The first-order chi connectivity index (χ1) is 11.6. The number of ether oxygens (including phenoxy) is 2. The van der Waals surface area contributed by atoms with E-state index in [1.165, 1.54) is 12.3 Å². The first kappa shape index (κ1) is 19.4. The smallest absolute Gasteiger partial charge is 0.411 e. The maximum Gasteiger partial charge on any atom is 0.411 e. The van der Waals surface area contributed by atoms with Crippen molar-refractivity contribution >= 4 is 11.8 Å². The molecule has 0 aliphatic heterocycles. The van der Waals surface area contributed by atoms with E-state index >= 15 is 0 Å². The molecule has 0 spiro atoms. The van der Waals surface area contributed by atoms with Gasteiger partial charge < -0.3 is 14.6 Å². The topological polar surface area (TPSA) is 80.7 Å². The Kier molecular flexibility index (Phi) is 6.16. The van der Waals surface area contributed by atoms with Crippen LogP contribution in [0.4, 0.5) is 19.3 Å². The molecule has 1 amide bonds. The second-order valence-corrected chi connectivity index (χ2v) is 6.88. The highest BCUT2D eigenvalue weighted by atomic mass is 19.3. The fourth-order valence-electron chi connectivity index (χ4n) is 2.40. The summed E-state index contributed by atoms with van der Waals surface area (Å²) in [4.78, 5) is 15.9. The number of hydrogen-bond donors (Lipinski definition) is 2. The van der Waals surface area contributed by atoms with Crippen molar-refractivity contribution in [3.63, 3.8) is 0 Å². The van der Waals surface area contributed by atoms with Crippen LogP contribution in [0.3, 0.4) is 0 Å². The first-order valence-electron chi connectivity index (χ1n) is 8.30. The number of hydrogen-bond acceptors (Lipinski definition) is 5. The number of alkyl halides is 2. The molecular weight excluding hydrogens is 334 g/mol. The van der Waals surface area contributed by atoms with Gasteiger partial charge in [0, 0.05) is 31.5 Å². The van der Waals surface area contributed by atoms with Gasteiger partial charge in [0.25, 0.3) is 0 Å². The molecule has 2 rings (SSSR count). The minimum Gasteiger partial charge on any atom is -0.477 e. The van der Waals surface area contributed by atoms with E-state index in [-0.39, 0.29) is 32.3 Å². The van der Waals surface area contributed by atoms with E-state index in [2.05, 4.69) is 10.3 Å². The summed E-state index contributed by atoms with van der Waals surface area (Å²) >= 11 is 0. The summed E-state index contributed by atoms with van der Waals surface area (Å²) in [6.45, 7) is 3.64. The van der Waals surface area contributed by atoms with Gasteiger partial charge in [-0.3, -0.25) is 5.32 Å². The molecule has 1 aliphatic rings. The Morgan fingerprint density at radius 2 is 2.12 bits per heavy atom. The van der Waals surface area contributed by atoms with E-state index in [0.29, 0.717) is 18.0 Å². The summed E-state index contributed by atoms with van der Waals surface area (Å²) in [7, 11) is 0. The molecule has 0 aromatic carbocycles. The number of nitrogens with zero attached hydrogens (tertiary/aromatic N) is 1. The van der Waals surface area contributed by atoms with Gasteiger partial charge >= 0.3 is 6.09 Å². The van der Waals surface area contributed by atoms with Gasteiger partial charge in [-0.1, -0.05) is 0 Å². The zero-order valence-electron chi connectivity index (χ0n) is 14.4. The van der Waals surface area contributed by atoms with Gasteiger partial charge in [-0.05, 0) is 32.8 Å². The van der Waals surface area contributed by atoms with Crippen LogP contribution in [0.5, 0.6) is 5.88 Å². The van der Waals surface area contributed by atoms with E-state index in [4.69, 9.17) is 9.47 Å². The van der Waals surface area contributed by atoms with Crippen LogP contribution in [0.2, 0.25) is 0 Å². The van der Waals surface area contributed by atoms with Crippen LogP contribution in [-0.2, 0) is 4.74 Å². The minimum absolute atomic E-state index is 0.155. The number of aromatic nitrogens is 1. The number of carbonyl (C=O) groups is 1. The number of halogens is 2. The van der Waals surface area contributed by atoms with Crippen LogP contribution in [0.1, 0.15) is 46.0 Å². The third-order valence-corrected chi connectivity index (χ3v) is 3.88. The van der Waals surface area contributed by atoms with Gasteiger partial charge in [0.1, 0.15) is 6.10 Å². The number of carbonyl (C=O) groups excluding carboxylic acids is 1. The molecule has 0 radical (unpaired) electrons. The van der Waals surface area contributed by atoms with Crippen LogP contribution < -0.4 is 10.1 Å². The fraction of sp³-hybridized carbons (Fsp3) is 0.647. The molecule has 8 heteroatoms. The lowest BCUT2D eigenvalue weighted by atomic mass is 9.94. The molecule has 1 saturated carbocycles. The van der Waals surface area contributed by atoms with Gasteiger partial charge in [-0.15, -0.1) is 0 Å². The summed E-state index contributed by atoms with van der Waals surface area (Å²) < 4.78 is 36.8. The molecule has 0 atom stereocenters. The van der Waals surface area contributed by atoms with Gasteiger partial charge in [-0.2, -0.15) is 0 Å². The predicted octanol–water partition coefficient (Wildman–Crippen LogP) is 3.75. The lowest BCUT2D eigenvalue weighted by Gasteiger charge is -2.27. The van der Waals surface area contributed by atoms with Crippen molar-refractivity contribution in [2.45, 2.75) is 63.6 Å². The van der Waals surface area contributed by atoms with Crippen molar-refractivity contribution in [1.29, 1.82) is 0 Å². The number of anilines is 1. The van der Waals surface area contributed by atoms with E-state index in [1.807, 2.05) is 0 Å². The standard InChI is InChI=1S/C17H24F2N2O4/c1-16(2,23)8-10-24-14-11-12(5-9-20-14)21-15(22)25-13-3-6-17(18,19)7-4-13/h5,9,11,13,23H,3-4,6-8,10H2,1-2H3,(H,20,21,22). The Hall–Kier alpha value is -1.96. The summed E-state index contributed by atoms with van der Waals surface area (Å²) in [6.07, 6.45) is 0.493. The van der Waals surface area contributed by atoms with E-state index in [0.717, 1.165) is 0 Å². The Morgan fingerprint density at radius 3 is 2.76 bits per heavy atom. The van der Waals surface area contributed by atoms with Crippen LogP contribution in [0.15, 0.2) is 18.3 Å². The average molecular weight is 358 g/mol. The fourth-order valence-corrected chi connectivity index (χ4v) is 2.40. The molecule has 1 aromatic heterocycles. The molecule has 6 nitrogen and oxygen atoms in total. The monoisotopic (exact) mass is 358 g/mol. The summed E-state index contributed by atoms with van der Waals surface area (Å²) in [5.74, 6) is -2.35. The second kappa shape index (κ2) is 7.95. The van der Waals surface area contributed by atoms with Crippen LogP contribution in [-0.4, -0.2) is 40.4 Å². The van der Waals surface area contributed by atoms with Crippen molar-refractivity contribution in [2.24, 2.45) is 0 Å². The van der Waals surface area contributed by atoms with Crippen LogP contribution in [0, 0.1) is 0 Å². The number of amides is 1. The Labute approximate surface area is 145 Å². The Balaban J connectivity index is 1.80. The molecule has 1 heterocycles. The highest BCUT2D eigenvalue weighted by Crippen LogP contribution is 2.34. The third-order valence-electron chi connectivity index (χ3n) is 3.88. The van der Waals surface area contributed by atoms with E-state index < -0.39 is 23.7 Å². The van der Waals surface area contributed by atoms with E-state index in [1.54, 1.807) is 19.9 Å². The van der Waals surface area contributed by atoms with Crippen molar-refractivity contribution in [3.05, 3.63) is 18.3 Å². The van der Waals surface area contributed by atoms with Gasteiger partial charge in [0.05, 0.1) is 17.9 Å². The summed E-state index contributed by atoms with van der Waals surface area (Å²) in [5, 5.41) is 12.2. The Morgan fingerprint density at radius 1 is 1.44 bits per heavy atom. The van der Waals surface area contributed by atoms with Crippen molar-refractivity contribution in [2.75, 3.05) is 11.9 Å². The lowest BCUT2D eigenvalue weighted by Crippen LogP contribution is -2.31. The van der Waals surface area contributed by atoms with E-state index in [9.17, 15) is 18.7 Å². The molecule has 1 aliphatic carbocycles. The Bertz CT molecular complexity index is 580. The maximum absolute atomic E-state index is 13.1. The number of nitrogens with one attached hydrogen (secondary N) is 1. The van der Waals surface area contributed by atoms with Crippen molar-refractivity contribution < 1.29 is 28.2 Å². The number of pyridine rings is 1. The maximum atomic E-state index is 13.1. The SMILES string of the molecule is CC(C)(O)CCOc1cc(NC(=O)OC2CCC(F)(F)CC2)ccn1. The average Bonchev–Trinajstić information content (AvgIpc) is 2.48. The molecule has 140 valence electrons. The zero-order valence-corrected chi connectivity index (χ0v) is 14.4. The van der Waals surface area contributed by atoms with Crippen LogP contribution in [0.25, 0.3) is 0 Å². The normalized spacial score (nSPS) is 17.8. The molecule has 0 bridgehead atoms. The van der Waals surface area contributed by atoms with Crippen LogP contribution >= 0.6 is 0 Å². The highest BCUT2D eigenvalue weighted by Gasteiger charge is 2.36. The number of aliphatic hydroxyl groups is 1. The molecule has 2 N–H and O–H groups in total. The van der Waals surface area contributed by atoms with Gasteiger partial charge in [0.15, 0.2) is 0 Å². The first-order valence-corrected chi connectivity index (χ1v) is 8.30. The second-order valence-electron chi connectivity index (χ2n) is 6.88. The molecule has 25 heavy (non-hydrogen) atoms. The van der Waals surface area contributed by atoms with Gasteiger partial charge in [-0.25, -0.2) is 18.6 Å². The molecule has 1 fully saturated rings. The molecule has 1 aromatic rings. The molecule has 0 saturated heterocycles. The quantitative estimate of drug-likeness (QED) is 0.809. The number of rotatable bonds is 6. The van der Waals surface area contributed by atoms with Crippen molar-refractivity contribution in [3.8, 4) is 5.88 Å². The van der Waals surface area contributed by atoms with Crippen molar-refractivity contribution in [1.82, 2.24) is 4.98 Å². The summed E-state index contributed by atoms with van der Waals surface area (Å²) in [6, 6.07) is 3.10. The third kappa shape index (κ3) is 7.21. The largest absolute Gasteiger partial charge is 0.477 e. The lowest BCUT2D eigenvalue weighted by molar-refractivity contribution is -0.0642. The molecule has 0 unspecified atom stereocenters. The van der Waals surface area contributed by atoms with Gasteiger partial charge in [0.2, 0.25) is 11.8 Å². The molecular formula is C17H24F2N2O4. The summed E-state index contributed by atoms with van der Waals surface area (Å²) in [5.41, 5.74) is -0.407. The minimum atomic E-state index is -2.66. The predicted molar refractivity (Wildman–Crippen MR) is 88.0 cm³/mol.